The summed E-state index contributed by atoms with van der Waals surface area (Å²) in [5, 5.41) is 11.3. The van der Waals surface area contributed by atoms with Crippen molar-refractivity contribution < 1.29 is 9.90 Å². The molecule has 0 saturated heterocycles. The van der Waals surface area contributed by atoms with Gasteiger partial charge in [0.15, 0.2) is 5.78 Å². The number of aliphatic hydroxyl groups is 1. The van der Waals surface area contributed by atoms with E-state index in [0.717, 1.165) is 32.1 Å². The van der Waals surface area contributed by atoms with Crippen LogP contribution in [0.2, 0.25) is 0 Å². The molecule has 0 bridgehead atoms. The Morgan fingerprint density at radius 2 is 2.17 bits per heavy atom. The van der Waals surface area contributed by atoms with Gasteiger partial charge in [-0.3, -0.25) is 4.79 Å². The average molecular weight is 347 g/mol. The summed E-state index contributed by atoms with van der Waals surface area (Å²) in [5.41, 5.74) is 1.21. The molecule has 24 heavy (non-hydrogen) atoms. The van der Waals surface area contributed by atoms with E-state index in [-0.39, 0.29) is 17.3 Å². The summed E-state index contributed by atoms with van der Waals surface area (Å²) >= 11 is 6.38. The Morgan fingerprint density at radius 3 is 2.92 bits per heavy atom. The standard InChI is InChI=1S/C21H27ClO2/c1-3-21-10-9-14-13-7-8-17(23)20(22)15(13)11-12(2)19(14)16(21)5-4-6-18(21)24/h4-5,7-8,12-14,16,18-19,24H,3,6,9-11H2,1-2H3/t12-,13-,14-,16+,18+,19-,21+/m1/s1. The maximum Gasteiger partial charge on any atom is 0.196 e. The third-order valence-electron chi connectivity index (χ3n) is 7.56. The minimum atomic E-state index is -0.213. The number of rotatable bonds is 1. The molecule has 4 rings (SSSR count). The summed E-state index contributed by atoms with van der Waals surface area (Å²) in [5.74, 6) is 2.35. The molecule has 7 atom stereocenters. The molecule has 0 unspecified atom stereocenters. The molecular weight excluding hydrogens is 320 g/mol. The molecule has 4 aliphatic rings. The summed E-state index contributed by atoms with van der Waals surface area (Å²) in [7, 11) is 0. The van der Waals surface area contributed by atoms with Crippen molar-refractivity contribution in [1.82, 2.24) is 0 Å². The molecular formula is C21H27ClO2. The second-order valence-corrected chi connectivity index (χ2v) is 8.72. The van der Waals surface area contributed by atoms with E-state index in [4.69, 9.17) is 11.6 Å². The monoisotopic (exact) mass is 346 g/mol. The van der Waals surface area contributed by atoms with Crippen LogP contribution in [0, 0.1) is 35.0 Å². The van der Waals surface area contributed by atoms with Crippen LogP contribution in [0.25, 0.3) is 0 Å². The lowest BCUT2D eigenvalue weighted by Crippen LogP contribution is -2.54. The Balaban J connectivity index is 1.75. The smallest absolute Gasteiger partial charge is 0.196 e. The molecule has 2 fully saturated rings. The zero-order chi connectivity index (χ0) is 17.1. The van der Waals surface area contributed by atoms with E-state index in [1.807, 2.05) is 0 Å². The van der Waals surface area contributed by atoms with Crippen LogP contribution in [0.5, 0.6) is 0 Å². The highest BCUT2D eigenvalue weighted by molar-refractivity contribution is 6.45. The molecule has 0 amide bonds. The minimum Gasteiger partial charge on any atom is -0.392 e. The predicted octanol–water partition coefficient (Wildman–Crippen LogP) is 4.63. The quantitative estimate of drug-likeness (QED) is 0.702. The number of allylic oxidation sites excluding steroid dienone is 5. The fraction of sp³-hybridized carbons (Fsp3) is 0.667. The maximum atomic E-state index is 12.0. The van der Waals surface area contributed by atoms with Gasteiger partial charge in [-0.05, 0) is 67.4 Å². The molecule has 0 heterocycles. The summed E-state index contributed by atoms with van der Waals surface area (Å²) in [4.78, 5) is 12.0. The second kappa shape index (κ2) is 5.85. The first-order valence-electron chi connectivity index (χ1n) is 9.45. The lowest BCUT2D eigenvalue weighted by Gasteiger charge is -2.59. The van der Waals surface area contributed by atoms with Crippen molar-refractivity contribution in [3.05, 3.63) is 34.9 Å². The highest BCUT2D eigenvalue weighted by Crippen LogP contribution is 2.61. The van der Waals surface area contributed by atoms with Gasteiger partial charge in [0.2, 0.25) is 0 Å². The first kappa shape index (κ1) is 16.6. The molecule has 2 saturated carbocycles. The molecule has 3 heteroatoms. The van der Waals surface area contributed by atoms with Gasteiger partial charge in [-0.1, -0.05) is 43.7 Å². The number of ketones is 1. The molecule has 2 nitrogen and oxygen atoms in total. The second-order valence-electron chi connectivity index (χ2n) is 8.34. The van der Waals surface area contributed by atoms with Crippen molar-refractivity contribution >= 4 is 17.4 Å². The van der Waals surface area contributed by atoms with Gasteiger partial charge in [-0.15, -0.1) is 0 Å². The van der Waals surface area contributed by atoms with Gasteiger partial charge in [-0.2, -0.15) is 0 Å². The minimum absolute atomic E-state index is 0.0275. The largest absolute Gasteiger partial charge is 0.392 e. The number of carbonyl (C=O) groups excluding carboxylic acids is 1. The van der Waals surface area contributed by atoms with Crippen LogP contribution in [0.1, 0.15) is 46.0 Å². The van der Waals surface area contributed by atoms with Crippen LogP contribution >= 0.6 is 11.6 Å². The predicted molar refractivity (Wildman–Crippen MR) is 96.5 cm³/mol. The first-order chi connectivity index (χ1) is 11.5. The maximum absolute atomic E-state index is 12.0. The van der Waals surface area contributed by atoms with Gasteiger partial charge in [0.1, 0.15) is 0 Å². The zero-order valence-electron chi connectivity index (χ0n) is 14.5. The number of aliphatic hydroxyl groups excluding tert-OH is 1. The molecule has 0 aromatic heterocycles. The zero-order valence-corrected chi connectivity index (χ0v) is 15.3. The Bertz CT molecular complexity index is 646. The van der Waals surface area contributed by atoms with Gasteiger partial charge in [0, 0.05) is 11.3 Å². The van der Waals surface area contributed by atoms with Crippen LogP contribution < -0.4 is 0 Å². The van der Waals surface area contributed by atoms with E-state index >= 15 is 0 Å². The van der Waals surface area contributed by atoms with E-state index in [2.05, 4.69) is 32.1 Å². The molecule has 4 aliphatic carbocycles. The molecule has 1 N–H and O–H groups in total. The fourth-order valence-electron chi connectivity index (χ4n) is 6.38. The number of hydrogen-bond donors (Lipinski definition) is 1. The van der Waals surface area contributed by atoms with E-state index < -0.39 is 0 Å². The van der Waals surface area contributed by atoms with Crippen molar-refractivity contribution in [3.63, 3.8) is 0 Å². The van der Waals surface area contributed by atoms with Gasteiger partial charge >= 0.3 is 0 Å². The highest BCUT2D eigenvalue weighted by atomic mass is 35.5. The number of halogens is 1. The summed E-state index contributed by atoms with van der Waals surface area (Å²) in [6, 6.07) is 0. The Labute approximate surface area is 149 Å². The van der Waals surface area contributed by atoms with Gasteiger partial charge < -0.3 is 5.11 Å². The third kappa shape index (κ3) is 2.15. The molecule has 0 aliphatic heterocycles. The van der Waals surface area contributed by atoms with Gasteiger partial charge in [0.25, 0.3) is 0 Å². The van der Waals surface area contributed by atoms with E-state index in [1.54, 1.807) is 6.08 Å². The molecule has 130 valence electrons. The number of hydrogen-bond acceptors (Lipinski definition) is 2. The normalized spacial score (nSPS) is 47.2. The van der Waals surface area contributed by atoms with Crippen LogP contribution in [-0.4, -0.2) is 17.0 Å². The molecule has 0 aromatic carbocycles. The fourth-order valence-corrected chi connectivity index (χ4v) is 6.65. The lowest BCUT2D eigenvalue weighted by molar-refractivity contribution is -0.112. The first-order valence-corrected chi connectivity index (χ1v) is 9.83. The van der Waals surface area contributed by atoms with Crippen molar-refractivity contribution in [3.8, 4) is 0 Å². The van der Waals surface area contributed by atoms with Crippen molar-refractivity contribution in [2.45, 2.75) is 52.1 Å². The third-order valence-corrected chi connectivity index (χ3v) is 7.99. The molecule has 0 spiro atoms. The van der Waals surface area contributed by atoms with Crippen molar-refractivity contribution in [2.24, 2.45) is 35.0 Å². The van der Waals surface area contributed by atoms with Crippen LogP contribution in [-0.2, 0) is 4.79 Å². The van der Waals surface area contributed by atoms with E-state index in [9.17, 15) is 9.90 Å². The lowest BCUT2D eigenvalue weighted by atomic mass is 9.46. The Morgan fingerprint density at radius 1 is 1.38 bits per heavy atom. The van der Waals surface area contributed by atoms with Gasteiger partial charge in [-0.25, -0.2) is 0 Å². The average Bonchev–Trinajstić information content (AvgIpc) is 2.58. The Hall–Kier alpha value is -0.860. The summed E-state index contributed by atoms with van der Waals surface area (Å²) in [6.45, 7) is 4.55. The summed E-state index contributed by atoms with van der Waals surface area (Å²) in [6.07, 6.45) is 13.1. The number of carbonyl (C=O) groups is 1. The van der Waals surface area contributed by atoms with Crippen LogP contribution in [0.4, 0.5) is 0 Å². The molecule has 0 aromatic rings. The SMILES string of the molecule is CC[C@]12CC[C@H]3[C@@H]([C@H](C)CC4=C(Cl)C(=O)C=C[C@@H]43)[C@@H]1C=CC[C@@H]2O. The van der Waals surface area contributed by atoms with E-state index in [0.29, 0.717) is 34.6 Å². The van der Waals surface area contributed by atoms with Gasteiger partial charge in [0.05, 0.1) is 11.1 Å². The molecule has 0 radical (unpaired) electrons. The highest BCUT2D eigenvalue weighted by Gasteiger charge is 2.56. The van der Waals surface area contributed by atoms with Crippen LogP contribution in [0.15, 0.2) is 34.9 Å². The Kier molecular flexibility index (Phi) is 4.04. The van der Waals surface area contributed by atoms with Crippen molar-refractivity contribution in [2.75, 3.05) is 0 Å². The van der Waals surface area contributed by atoms with E-state index in [1.165, 1.54) is 5.57 Å². The topological polar surface area (TPSA) is 37.3 Å². The van der Waals surface area contributed by atoms with Crippen molar-refractivity contribution in [1.29, 1.82) is 0 Å². The number of fused-ring (bicyclic) bond motifs is 5. The van der Waals surface area contributed by atoms with Crippen LogP contribution in [0.3, 0.4) is 0 Å². The summed E-state index contributed by atoms with van der Waals surface area (Å²) < 4.78 is 0.